The van der Waals surface area contributed by atoms with E-state index in [9.17, 15) is 18.0 Å². The minimum atomic E-state index is -4.33. The average Bonchev–Trinajstić information content (AvgIpc) is 3.18. The lowest BCUT2D eigenvalue weighted by Gasteiger charge is -2.09. The van der Waals surface area contributed by atoms with E-state index in [0.29, 0.717) is 18.8 Å². The Balaban J connectivity index is 1.55. The van der Waals surface area contributed by atoms with E-state index in [0.717, 1.165) is 28.8 Å². The minimum Gasteiger partial charge on any atom is -0.451 e. The molecule has 3 N–H and O–H groups in total. The van der Waals surface area contributed by atoms with Crippen LogP contribution in [-0.2, 0) is 19.3 Å². The molecule has 0 bridgehead atoms. The summed E-state index contributed by atoms with van der Waals surface area (Å²) in [6.45, 7) is 0.981. The van der Waals surface area contributed by atoms with Crippen molar-refractivity contribution < 1.29 is 27.6 Å². The van der Waals surface area contributed by atoms with Crippen LogP contribution in [0.1, 0.15) is 27.2 Å². The molecule has 0 atom stereocenters. The van der Waals surface area contributed by atoms with Gasteiger partial charge in [0.2, 0.25) is 0 Å². The van der Waals surface area contributed by atoms with Gasteiger partial charge < -0.3 is 9.73 Å². The summed E-state index contributed by atoms with van der Waals surface area (Å²) in [5.41, 5.74) is 3.35. The topological polar surface area (TPSA) is 74.5 Å². The Morgan fingerprint density at radius 3 is 2.00 bits per heavy atom. The molecule has 5 nitrogen and oxygen atoms in total. The van der Waals surface area contributed by atoms with Crippen molar-refractivity contribution in [1.29, 1.82) is 0 Å². The third-order valence-corrected chi connectivity index (χ3v) is 4.11. The molecule has 0 saturated heterocycles. The molecule has 146 valence electrons. The molecule has 0 aliphatic carbocycles. The predicted octanol–water partition coefficient (Wildman–Crippen LogP) is 4.37. The fraction of sp³-hybridized carbons (Fsp3) is 0.150. The summed E-state index contributed by atoms with van der Waals surface area (Å²) < 4.78 is 43.0. The number of hydrogen-bond acceptors (Lipinski definition) is 4. The Hall–Kier alpha value is -3.10. The van der Waals surface area contributed by atoms with E-state index in [4.69, 9.17) is 9.62 Å². The molecule has 2 aromatic carbocycles. The Morgan fingerprint density at radius 1 is 0.893 bits per heavy atom. The van der Waals surface area contributed by atoms with E-state index in [1.165, 1.54) is 23.7 Å². The van der Waals surface area contributed by atoms with Gasteiger partial charge in [0.1, 0.15) is 5.76 Å². The van der Waals surface area contributed by atoms with Crippen LogP contribution in [0.25, 0.3) is 11.3 Å². The Labute approximate surface area is 158 Å². The maximum atomic E-state index is 12.6. The highest BCUT2D eigenvalue weighted by Crippen LogP contribution is 2.29. The van der Waals surface area contributed by atoms with Gasteiger partial charge in [-0.1, -0.05) is 36.4 Å². The number of halogens is 3. The lowest BCUT2D eigenvalue weighted by Crippen LogP contribution is -2.17. The number of hydrogen-bond donors (Lipinski definition) is 3. The molecule has 0 radical (unpaired) electrons. The van der Waals surface area contributed by atoms with Crippen molar-refractivity contribution >= 4 is 5.91 Å². The summed E-state index contributed by atoms with van der Waals surface area (Å²) in [6.07, 6.45) is -4.33. The van der Waals surface area contributed by atoms with Crippen molar-refractivity contribution in [3.63, 3.8) is 0 Å². The van der Waals surface area contributed by atoms with Gasteiger partial charge in [-0.15, -0.1) is 0 Å². The normalized spacial score (nSPS) is 11.4. The molecule has 1 amide bonds. The highest BCUT2D eigenvalue weighted by Gasteiger charge is 2.29. The largest absolute Gasteiger partial charge is 0.451 e. The number of carbonyl (C=O) groups is 1. The zero-order valence-electron chi connectivity index (χ0n) is 14.6. The summed E-state index contributed by atoms with van der Waals surface area (Å²) in [5.74, 6) is -0.238. The quantitative estimate of drug-likeness (QED) is 0.432. The van der Waals surface area contributed by atoms with E-state index >= 15 is 0 Å². The van der Waals surface area contributed by atoms with E-state index in [1.54, 1.807) is 6.07 Å². The van der Waals surface area contributed by atoms with Gasteiger partial charge in [0, 0.05) is 18.7 Å². The second-order valence-electron chi connectivity index (χ2n) is 6.10. The zero-order valence-corrected chi connectivity index (χ0v) is 14.6. The number of benzene rings is 2. The van der Waals surface area contributed by atoms with Crippen LogP contribution in [0.2, 0.25) is 0 Å². The van der Waals surface area contributed by atoms with Gasteiger partial charge in [0.05, 0.1) is 5.56 Å². The van der Waals surface area contributed by atoms with E-state index in [-0.39, 0.29) is 5.76 Å². The van der Waals surface area contributed by atoms with Gasteiger partial charge in [-0.25, -0.2) is 5.48 Å². The number of alkyl halides is 3. The number of furan rings is 1. The van der Waals surface area contributed by atoms with Crippen molar-refractivity contribution in [3.8, 4) is 11.3 Å². The summed E-state index contributed by atoms with van der Waals surface area (Å²) >= 11 is 0. The predicted molar refractivity (Wildman–Crippen MR) is 95.4 cm³/mol. The minimum absolute atomic E-state index is 0.000199. The molecule has 1 heterocycles. The van der Waals surface area contributed by atoms with Crippen LogP contribution in [-0.4, -0.2) is 11.1 Å². The van der Waals surface area contributed by atoms with Crippen LogP contribution in [0.4, 0.5) is 13.2 Å². The maximum Gasteiger partial charge on any atom is 0.416 e. The summed E-state index contributed by atoms with van der Waals surface area (Å²) in [6, 6.07) is 15.5. The van der Waals surface area contributed by atoms with Crippen LogP contribution in [0.5, 0.6) is 0 Å². The van der Waals surface area contributed by atoms with Crippen molar-refractivity contribution in [2.75, 3.05) is 0 Å². The molecule has 0 aliphatic rings. The summed E-state index contributed by atoms with van der Waals surface area (Å²) in [4.78, 5) is 11.3. The molecular weight excluding hydrogens is 373 g/mol. The third kappa shape index (κ3) is 4.79. The molecule has 0 saturated carbocycles. The van der Waals surface area contributed by atoms with E-state index in [1.807, 2.05) is 24.3 Å². The van der Waals surface area contributed by atoms with Gasteiger partial charge in [-0.2, -0.15) is 13.2 Å². The Bertz CT molecular complexity index is 933. The van der Waals surface area contributed by atoms with Crippen molar-refractivity contribution in [2.45, 2.75) is 19.3 Å². The Morgan fingerprint density at radius 2 is 1.46 bits per heavy atom. The van der Waals surface area contributed by atoms with E-state index in [2.05, 4.69) is 5.32 Å². The van der Waals surface area contributed by atoms with Gasteiger partial charge in [0.25, 0.3) is 0 Å². The number of rotatable bonds is 6. The molecule has 0 fully saturated rings. The lowest BCUT2D eigenvalue weighted by molar-refractivity contribution is -0.137. The van der Waals surface area contributed by atoms with Crippen LogP contribution in [0.15, 0.2) is 65.1 Å². The van der Waals surface area contributed by atoms with Crippen molar-refractivity contribution in [3.05, 3.63) is 83.1 Å². The number of amides is 1. The first-order chi connectivity index (χ1) is 13.4. The summed E-state index contributed by atoms with van der Waals surface area (Å²) in [7, 11) is 0. The first-order valence-electron chi connectivity index (χ1n) is 8.37. The average molecular weight is 390 g/mol. The molecule has 3 aromatic rings. The molecule has 1 aromatic heterocycles. The standard InChI is InChI=1S/C20H17F3N2O3/c21-20(22,23)16-7-3-14(4-8-16)12-24-11-13-1-5-15(6-2-13)17-9-10-18(28-17)19(26)25-27/h1-10,24,27H,11-12H2,(H,25,26). The molecule has 0 spiro atoms. The SMILES string of the molecule is O=C(NO)c1ccc(-c2ccc(CNCc3ccc(C(F)(F)F)cc3)cc2)o1. The molecule has 3 rings (SSSR count). The molecular formula is C20H17F3N2O3. The molecule has 28 heavy (non-hydrogen) atoms. The van der Waals surface area contributed by atoms with E-state index < -0.39 is 17.6 Å². The van der Waals surface area contributed by atoms with Gasteiger partial charge in [0.15, 0.2) is 5.76 Å². The molecule has 0 aliphatic heterocycles. The Kier molecular flexibility index (Phi) is 5.81. The second-order valence-corrected chi connectivity index (χ2v) is 6.10. The fourth-order valence-electron chi connectivity index (χ4n) is 2.62. The third-order valence-electron chi connectivity index (χ3n) is 4.11. The van der Waals surface area contributed by atoms with Crippen molar-refractivity contribution in [2.24, 2.45) is 0 Å². The van der Waals surface area contributed by atoms with Gasteiger partial charge >= 0.3 is 12.1 Å². The fourth-order valence-corrected chi connectivity index (χ4v) is 2.62. The highest BCUT2D eigenvalue weighted by atomic mass is 19.4. The van der Waals surface area contributed by atoms with Crippen molar-refractivity contribution in [1.82, 2.24) is 10.8 Å². The van der Waals surface area contributed by atoms with Crippen LogP contribution in [0, 0.1) is 0 Å². The second kappa shape index (κ2) is 8.28. The first-order valence-corrected chi connectivity index (χ1v) is 8.37. The highest BCUT2D eigenvalue weighted by molar-refractivity contribution is 5.91. The van der Waals surface area contributed by atoms with Crippen LogP contribution >= 0.6 is 0 Å². The van der Waals surface area contributed by atoms with Gasteiger partial charge in [-0.05, 0) is 35.4 Å². The molecule has 8 heteroatoms. The maximum absolute atomic E-state index is 12.6. The number of nitrogens with one attached hydrogen (secondary N) is 2. The molecule has 0 unspecified atom stereocenters. The van der Waals surface area contributed by atoms with Gasteiger partial charge in [-0.3, -0.25) is 10.0 Å². The smallest absolute Gasteiger partial charge is 0.416 e. The number of hydroxylamine groups is 1. The first kappa shape index (κ1) is 19.7. The monoisotopic (exact) mass is 390 g/mol. The van der Waals surface area contributed by atoms with Crippen LogP contribution in [0.3, 0.4) is 0 Å². The lowest BCUT2D eigenvalue weighted by atomic mass is 10.1. The van der Waals surface area contributed by atoms with Crippen LogP contribution < -0.4 is 10.8 Å². The summed E-state index contributed by atoms with van der Waals surface area (Å²) in [5, 5.41) is 11.8. The zero-order chi connectivity index (χ0) is 20.1. The number of carbonyl (C=O) groups excluding carboxylic acids is 1.